The van der Waals surface area contributed by atoms with Crippen molar-refractivity contribution in [3.05, 3.63) is 35.9 Å². The van der Waals surface area contributed by atoms with E-state index in [4.69, 9.17) is 9.47 Å². The lowest BCUT2D eigenvalue weighted by Crippen LogP contribution is -2.35. The number of rotatable bonds is 5. The average Bonchev–Trinajstić information content (AvgIpc) is 2.93. The Balaban J connectivity index is 2.17. The van der Waals surface area contributed by atoms with E-state index in [0.29, 0.717) is 13.0 Å². The Kier molecular flexibility index (Phi) is 5.55. The van der Waals surface area contributed by atoms with Crippen molar-refractivity contribution in [3.8, 4) is 0 Å². The summed E-state index contributed by atoms with van der Waals surface area (Å²) in [7, 11) is 0. The van der Waals surface area contributed by atoms with Gasteiger partial charge in [0.2, 0.25) is 0 Å². The van der Waals surface area contributed by atoms with Crippen LogP contribution in [0.2, 0.25) is 0 Å². The zero-order valence-electron chi connectivity index (χ0n) is 13.2. The molecule has 1 aliphatic rings. The molecule has 0 bridgehead atoms. The molecule has 5 nitrogen and oxygen atoms in total. The SMILES string of the molecule is CCOC(=O)[C@H]1C[C@H](C(=O)OC(C)C)N[C@@H]1c1ccccc1. The summed E-state index contributed by atoms with van der Waals surface area (Å²) in [5.41, 5.74) is 0.973. The fourth-order valence-corrected chi connectivity index (χ4v) is 2.74. The highest BCUT2D eigenvalue weighted by atomic mass is 16.5. The van der Waals surface area contributed by atoms with Crippen LogP contribution in [0.25, 0.3) is 0 Å². The van der Waals surface area contributed by atoms with Gasteiger partial charge in [-0.15, -0.1) is 0 Å². The second-order valence-electron chi connectivity index (χ2n) is 5.69. The highest BCUT2D eigenvalue weighted by molar-refractivity contribution is 5.80. The monoisotopic (exact) mass is 305 g/mol. The number of nitrogens with one attached hydrogen (secondary N) is 1. The highest BCUT2D eigenvalue weighted by Crippen LogP contribution is 2.34. The van der Waals surface area contributed by atoms with Gasteiger partial charge in [0.15, 0.2) is 0 Å². The molecular weight excluding hydrogens is 282 g/mol. The molecule has 0 aromatic heterocycles. The van der Waals surface area contributed by atoms with Crippen LogP contribution in [0.3, 0.4) is 0 Å². The maximum absolute atomic E-state index is 12.2. The van der Waals surface area contributed by atoms with Crippen LogP contribution < -0.4 is 5.32 Å². The number of benzene rings is 1. The van der Waals surface area contributed by atoms with Gasteiger partial charge in [-0.2, -0.15) is 0 Å². The van der Waals surface area contributed by atoms with E-state index in [9.17, 15) is 9.59 Å². The predicted octanol–water partition coefficient (Wildman–Crippen LogP) is 2.22. The normalized spacial score (nSPS) is 24.3. The number of ether oxygens (including phenoxy) is 2. The second-order valence-corrected chi connectivity index (χ2v) is 5.69. The molecule has 1 N–H and O–H groups in total. The van der Waals surface area contributed by atoms with Gasteiger partial charge in [-0.05, 0) is 32.8 Å². The van der Waals surface area contributed by atoms with Gasteiger partial charge in [0, 0.05) is 6.04 Å². The minimum Gasteiger partial charge on any atom is -0.466 e. The predicted molar refractivity (Wildman–Crippen MR) is 82.1 cm³/mol. The average molecular weight is 305 g/mol. The molecule has 1 saturated heterocycles. The molecule has 0 saturated carbocycles. The van der Waals surface area contributed by atoms with Gasteiger partial charge in [0.1, 0.15) is 6.04 Å². The van der Waals surface area contributed by atoms with Crippen LogP contribution in [0.15, 0.2) is 30.3 Å². The quantitative estimate of drug-likeness (QED) is 0.845. The molecule has 22 heavy (non-hydrogen) atoms. The molecule has 1 aromatic carbocycles. The van der Waals surface area contributed by atoms with E-state index in [1.165, 1.54) is 0 Å². The van der Waals surface area contributed by atoms with Gasteiger partial charge in [-0.25, -0.2) is 0 Å². The lowest BCUT2D eigenvalue weighted by Gasteiger charge is -2.18. The van der Waals surface area contributed by atoms with Gasteiger partial charge in [-0.1, -0.05) is 30.3 Å². The number of hydrogen-bond donors (Lipinski definition) is 1. The Morgan fingerprint density at radius 1 is 1.23 bits per heavy atom. The third-order valence-electron chi connectivity index (χ3n) is 3.66. The summed E-state index contributed by atoms with van der Waals surface area (Å²) >= 11 is 0. The molecule has 0 radical (unpaired) electrons. The van der Waals surface area contributed by atoms with E-state index in [1.807, 2.05) is 44.2 Å². The summed E-state index contributed by atoms with van der Waals surface area (Å²) in [4.78, 5) is 24.3. The van der Waals surface area contributed by atoms with E-state index < -0.39 is 6.04 Å². The Bertz CT molecular complexity index is 515. The lowest BCUT2D eigenvalue weighted by atomic mass is 9.93. The zero-order valence-corrected chi connectivity index (χ0v) is 13.2. The van der Waals surface area contributed by atoms with Gasteiger partial charge >= 0.3 is 11.9 Å². The Labute approximate surface area is 131 Å². The fraction of sp³-hybridized carbons (Fsp3) is 0.529. The standard InChI is InChI=1S/C17H23NO4/c1-4-21-16(19)13-10-14(17(20)22-11(2)3)18-15(13)12-8-6-5-7-9-12/h5-9,11,13-15,18H,4,10H2,1-3H3/t13-,14+,15+/m0/s1. The second kappa shape index (κ2) is 7.40. The molecule has 1 aliphatic heterocycles. The third-order valence-corrected chi connectivity index (χ3v) is 3.66. The van der Waals surface area contributed by atoms with E-state index in [2.05, 4.69) is 5.32 Å². The fourth-order valence-electron chi connectivity index (χ4n) is 2.74. The van der Waals surface area contributed by atoms with Gasteiger partial charge in [0.25, 0.3) is 0 Å². The van der Waals surface area contributed by atoms with Gasteiger partial charge in [-0.3, -0.25) is 14.9 Å². The van der Waals surface area contributed by atoms with E-state index in [-0.39, 0.29) is 30.0 Å². The molecule has 0 unspecified atom stereocenters. The summed E-state index contributed by atoms with van der Waals surface area (Å²) in [5, 5.41) is 3.23. The first-order valence-electron chi connectivity index (χ1n) is 7.71. The molecule has 2 rings (SSSR count). The summed E-state index contributed by atoms with van der Waals surface area (Å²) in [5.74, 6) is -0.974. The number of hydrogen-bond acceptors (Lipinski definition) is 5. The molecule has 0 aliphatic carbocycles. The topological polar surface area (TPSA) is 64.6 Å². The van der Waals surface area contributed by atoms with Crippen molar-refractivity contribution < 1.29 is 19.1 Å². The molecule has 1 aromatic rings. The van der Waals surface area contributed by atoms with Crippen molar-refractivity contribution in [1.29, 1.82) is 0 Å². The maximum Gasteiger partial charge on any atom is 0.323 e. The Hall–Kier alpha value is -1.88. The minimum absolute atomic E-state index is 0.175. The molecule has 120 valence electrons. The molecule has 1 fully saturated rings. The highest BCUT2D eigenvalue weighted by Gasteiger charge is 2.43. The first-order chi connectivity index (χ1) is 10.5. The first kappa shape index (κ1) is 16.5. The third kappa shape index (κ3) is 3.85. The Morgan fingerprint density at radius 3 is 2.50 bits per heavy atom. The first-order valence-corrected chi connectivity index (χ1v) is 7.71. The van der Waals surface area contributed by atoms with Crippen molar-refractivity contribution in [2.75, 3.05) is 6.61 Å². The zero-order chi connectivity index (χ0) is 16.1. The van der Waals surface area contributed by atoms with Crippen LogP contribution in [-0.4, -0.2) is 30.7 Å². The Morgan fingerprint density at radius 2 is 1.91 bits per heavy atom. The van der Waals surface area contributed by atoms with Gasteiger partial charge < -0.3 is 9.47 Å². The molecule has 5 heteroatoms. The van der Waals surface area contributed by atoms with Gasteiger partial charge in [0.05, 0.1) is 18.6 Å². The maximum atomic E-state index is 12.2. The molecule has 1 heterocycles. The van der Waals surface area contributed by atoms with E-state index in [1.54, 1.807) is 6.92 Å². The van der Waals surface area contributed by atoms with Crippen LogP contribution in [0.5, 0.6) is 0 Å². The molecule has 0 spiro atoms. The minimum atomic E-state index is -0.484. The number of carbonyl (C=O) groups excluding carboxylic acids is 2. The molecular formula is C17H23NO4. The molecule has 3 atom stereocenters. The van der Waals surface area contributed by atoms with Crippen LogP contribution in [0.4, 0.5) is 0 Å². The van der Waals surface area contributed by atoms with Crippen molar-refractivity contribution in [2.45, 2.75) is 45.4 Å². The van der Waals surface area contributed by atoms with Crippen molar-refractivity contribution >= 4 is 11.9 Å². The van der Waals surface area contributed by atoms with Crippen molar-refractivity contribution in [1.82, 2.24) is 5.32 Å². The molecule has 0 amide bonds. The van der Waals surface area contributed by atoms with E-state index >= 15 is 0 Å². The van der Waals surface area contributed by atoms with E-state index in [0.717, 1.165) is 5.56 Å². The summed E-state index contributed by atoms with van der Waals surface area (Å²) < 4.78 is 10.4. The summed E-state index contributed by atoms with van der Waals surface area (Å²) in [6, 6.07) is 8.92. The smallest absolute Gasteiger partial charge is 0.323 e. The summed E-state index contributed by atoms with van der Waals surface area (Å²) in [6.45, 7) is 5.73. The van der Waals surface area contributed by atoms with Crippen molar-refractivity contribution in [3.63, 3.8) is 0 Å². The van der Waals surface area contributed by atoms with Crippen LogP contribution >= 0.6 is 0 Å². The van der Waals surface area contributed by atoms with Crippen molar-refractivity contribution in [2.24, 2.45) is 5.92 Å². The summed E-state index contributed by atoms with van der Waals surface area (Å²) in [6.07, 6.45) is 0.218. The van der Waals surface area contributed by atoms with Crippen LogP contribution in [0.1, 0.15) is 38.8 Å². The van der Waals surface area contributed by atoms with Crippen LogP contribution in [-0.2, 0) is 19.1 Å². The number of carbonyl (C=O) groups is 2. The largest absolute Gasteiger partial charge is 0.466 e. The van der Waals surface area contributed by atoms with Crippen LogP contribution in [0, 0.1) is 5.92 Å². The number of esters is 2. The lowest BCUT2D eigenvalue weighted by molar-refractivity contribution is -0.150.